The van der Waals surface area contributed by atoms with Crippen LogP contribution in [-0.2, 0) is 7.05 Å². The van der Waals surface area contributed by atoms with Gasteiger partial charge in [0.05, 0.1) is 13.3 Å². The Morgan fingerprint density at radius 3 is 2.83 bits per heavy atom. The Kier molecular flexibility index (Phi) is 3.59. The number of ether oxygens (including phenoxy) is 1. The monoisotopic (exact) mass is 266 g/mol. The molecule has 0 amide bonds. The van der Waals surface area contributed by atoms with E-state index in [1.807, 2.05) is 13.0 Å². The SMILES string of the molecule is COc1cnn(C)c1C(O)c1cc(Cl)ccc1C. The maximum atomic E-state index is 10.5. The van der Waals surface area contributed by atoms with Crippen LogP contribution in [0.1, 0.15) is 22.9 Å². The van der Waals surface area contributed by atoms with Gasteiger partial charge in [-0.15, -0.1) is 0 Å². The lowest BCUT2D eigenvalue weighted by atomic mass is 10.0. The molecule has 96 valence electrons. The second-order valence-electron chi connectivity index (χ2n) is 4.13. The first kappa shape index (κ1) is 12.9. The molecular formula is C13H15ClN2O2. The molecule has 5 heteroatoms. The van der Waals surface area contributed by atoms with E-state index in [4.69, 9.17) is 16.3 Å². The summed E-state index contributed by atoms with van der Waals surface area (Å²) in [5, 5.41) is 15.2. The Labute approximate surface area is 111 Å². The van der Waals surface area contributed by atoms with Crippen LogP contribution >= 0.6 is 11.6 Å². The minimum atomic E-state index is -0.814. The number of rotatable bonds is 3. The van der Waals surface area contributed by atoms with Gasteiger partial charge in [-0.05, 0) is 30.2 Å². The first-order valence-corrected chi connectivity index (χ1v) is 5.92. The number of aryl methyl sites for hydroxylation is 2. The van der Waals surface area contributed by atoms with Gasteiger partial charge in [-0.3, -0.25) is 4.68 Å². The molecule has 4 nitrogen and oxygen atoms in total. The highest BCUT2D eigenvalue weighted by molar-refractivity contribution is 6.30. The third kappa shape index (κ3) is 2.21. The Morgan fingerprint density at radius 1 is 1.44 bits per heavy atom. The third-order valence-corrected chi connectivity index (χ3v) is 3.20. The van der Waals surface area contributed by atoms with Gasteiger partial charge in [-0.1, -0.05) is 17.7 Å². The number of aliphatic hydroxyl groups is 1. The largest absolute Gasteiger partial charge is 0.493 e. The molecule has 0 aliphatic carbocycles. The van der Waals surface area contributed by atoms with E-state index in [-0.39, 0.29) is 0 Å². The molecule has 0 spiro atoms. The molecule has 18 heavy (non-hydrogen) atoms. The molecule has 2 aromatic rings. The zero-order valence-corrected chi connectivity index (χ0v) is 11.3. The van der Waals surface area contributed by atoms with Crippen molar-refractivity contribution in [2.45, 2.75) is 13.0 Å². The van der Waals surface area contributed by atoms with Gasteiger partial charge in [0.25, 0.3) is 0 Å². The number of hydrogen-bond donors (Lipinski definition) is 1. The lowest BCUT2D eigenvalue weighted by molar-refractivity contribution is 0.203. The molecule has 1 unspecified atom stereocenters. The lowest BCUT2D eigenvalue weighted by Crippen LogP contribution is -2.09. The molecule has 0 radical (unpaired) electrons. The second kappa shape index (κ2) is 5.00. The molecule has 2 rings (SSSR count). The van der Waals surface area contributed by atoms with Crippen molar-refractivity contribution in [3.63, 3.8) is 0 Å². The number of halogens is 1. The minimum absolute atomic E-state index is 0.560. The van der Waals surface area contributed by atoms with Crippen LogP contribution < -0.4 is 4.74 Å². The van der Waals surface area contributed by atoms with E-state index in [1.165, 1.54) is 0 Å². The fraction of sp³-hybridized carbons (Fsp3) is 0.308. The summed E-state index contributed by atoms with van der Waals surface area (Å²) in [7, 11) is 3.32. The maximum absolute atomic E-state index is 10.5. The summed E-state index contributed by atoms with van der Waals surface area (Å²) in [6, 6.07) is 5.44. The van der Waals surface area contributed by atoms with Gasteiger partial charge in [0, 0.05) is 12.1 Å². The second-order valence-corrected chi connectivity index (χ2v) is 4.56. The topological polar surface area (TPSA) is 47.3 Å². The van der Waals surface area contributed by atoms with Gasteiger partial charge in [0.2, 0.25) is 0 Å². The van der Waals surface area contributed by atoms with Gasteiger partial charge in [-0.25, -0.2) is 0 Å². The Hall–Kier alpha value is -1.52. The van der Waals surface area contributed by atoms with Crippen LogP contribution in [0.25, 0.3) is 0 Å². The standard InChI is InChI=1S/C13H15ClN2O2/c1-8-4-5-9(14)6-10(8)13(17)12-11(18-3)7-15-16(12)2/h4-7,13,17H,1-3H3. The fourth-order valence-corrected chi connectivity index (χ4v) is 2.13. The number of methoxy groups -OCH3 is 1. The third-order valence-electron chi connectivity index (χ3n) is 2.96. The van der Waals surface area contributed by atoms with Crippen LogP contribution in [0.2, 0.25) is 5.02 Å². The normalized spacial score (nSPS) is 12.5. The van der Waals surface area contributed by atoms with Gasteiger partial charge in [0.1, 0.15) is 11.8 Å². The molecule has 0 saturated carbocycles. The van der Waals surface area contributed by atoms with Crippen molar-refractivity contribution in [2.24, 2.45) is 7.05 Å². The van der Waals surface area contributed by atoms with Crippen molar-refractivity contribution in [3.8, 4) is 5.75 Å². The predicted molar refractivity (Wildman–Crippen MR) is 70.0 cm³/mol. The number of hydrogen-bond acceptors (Lipinski definition) is 3. The van der Waals surface area contributed by atoms with Crippen molar-refractivity contribution in [1.29, 1.82) is 0 Å². The first-order chi connectivity index (χ1) is 8.54. The molecule has 1 atom stereocenters. The van der Waals surface area contributed by atoms with E-state index in [9.17, 15) is 5.11 Å². The fourth-order valence-electron chi connectivity index (χ4n) is 1.95. The van der Waals surface area contributed by atoms with Crippen LogP contribution in [0.4, 0.5) is 0 Å². The van der Waals surface area contributed by atoms with Crippen molar-refractivity contribution in [2.75, 3.05) is 7.11 Å². The van der Waals surface area contributed by atoms with Gasteiger partial charge in [0.15, 0.2) is 5.75 Å². The summed E-state index contributed by atoms with van der Waals surface area (Å²) in [6.45, 7) is 1.93. The maximum Gasteiger partial charge on any atom is 0.162 e. The van der Waals surface area contributed by atoms with Gasteiger partial charge < -0.3 is 9.84 Å². The van der Waals surface area contributed by atoms with Crippen LogP contribution in [-0.4, -0.2) is 22.0 Å². The molecule has 1 aromatic carbocycles. The number of nitrogens with zero attached hydrogens (tertiary/aromatic N) is 2. The van der Waals surface area contributed by atoms with E-state index < -0.39 is 6.10 Å². The summed E-state index contributed by atoms with van der Waals surface area (Å²) in [5.41, 5.74) is 2.34. The zero-order chi connectivity index (χ0) is 13.3. The van der Waals surface area contributed by atoms with E-state index in [0.717, 1.165) is 11.1 Å². The quantitative estimate of drug-likeness (QED) is 0.928. The molecule has 1 N–H and O–H groups in total. The summed E-state index contributed by atoms with van der Waals surface area (Å²) in [6.07, 6.45) is 0.768. The Morgan fingerprint density at radius 2 is 2.17 bits per heavy atom. The molecule has 0 bridgehead atoms. The summed E-state index contributed by atoms with van der Waals surface area (Å²) in [5.74, 6) is 0.560. The van der Waals surface area contributed by atoms with Gasteiger partial charge >= 0.3 is 0 Å². The first-order valence-electron chi connectivity index (χ1n) is 5.54. The van der Waals surface area contributed by atoms with Crippen LogP contribution in [0.15, 0.2) is 24.4 Å². The molecule has 0 aliphatic heterocycles. The molecule has 0 saturated heterocycles. The van der Waals surface area contributed by atoms with Gasteiger partial charge in [-0.2, -0.15) is 5.10 Å². The van der Waals surface area contributed by atoms with E-state index in [2.05, 4.69) is 5.10 Å². The highest BCUT2D eigenvalue weighted by Crippen LogP contribution is 2.32. The van der Waals surface area contributed by atoms with Crippen molar-refractivity contribution < 1.29 is 9.84 Å². The van der Waals surface area contributed by atoms with E-state index in [0.29, 0.717) is 16.5 Å². The van der Waals surface area contributed by atoms with Crippen LogP contribution in [0.3, 0.4) is 0 Å². The summed E-state index contributed by atoms with van der Waals surface area (Å²) < 4.78 is 6.80. The Balaban J connectivity index is 2.50. The summed E-state index contributed by atoms with van der Waals surface area (Å²) in [4.78, 5) is 0. The molecule has 0 fully saturated rings. The predicted octanol–water partition coefficient (Wildman–Crippen LogP) is 2.47. The number of benzene rings is 1. The van der Waals surface area contributed by atoms with Crippen molar-refractivity contribution >= 4 is 11.6 Å². The average molecular weight is 267 g/mol. The van der Waals surface area contributed by atoms with Crippen molar-refractivity contribution in [1.82, 2.24) is 9.78 Å². The van der Waals surface area contributed by atoms with Crippen LogP contribution in [0.5, 0.6) is 5.75 Å². The minimum Gasteiger partial charge on any atom is -0.493 e. The average Bonchev–Trinajstić information content (AvgIpc) is 2.72. The van der Waals surface area contributed by atoms with E-state index >= 15 is 0 Å². The lowest BCUT2D eigenvalue weighted by Gasteiger charge is -2.16. The molecule has 0 aliphatic rings. The van der Waals surface area contributed by atoms with Crippen molar-refractivity contribution in [3.05, 3.63) is 46.2 Å². The molecule has 1 heterocycles. The smallest absolute Gasteiger partial charge is 0.162 e. The summed E-state index contributed by atoms with van der Waals surface area (Å²) >= 11 is 5.97. The highest BCUT2D eigenvalue weighted by atomic mass is 35.5. The molecule has 1 aromatic heterocycles. The Bertz CT molecular complexity index is 566. The molecular weight excluding hydrogens is 252 g/mol. The van der Waals surface area contributed by atoms with Crippen LogP contribution in [0, 0.1) is 6.92 Å². The number of aromatic nitrogens is 2. The number of aliphatic hydroxyl groups excluding tert-OH is 1. The zero-order valence-electron chi connectivity index (χ0n) is 10.5. The van der Waals surface area contributed by atoms with E-state index in [1.54, 1.807) is 37.2 Å². The highest BCUT2D eigenvalue weighted by Gasteiger charge is 2.21.